The monoisotopic (exact) mass is 505 g/mol. The number of fused-ring (bicyclic) bond motifs is 1. The molecule has 196 valence electrons. The normalized spacial score (nSPS) is 32.0. The summed E-state index contributed by atoms with van der Waals surface area (Å²) in [4.78, 5) is 47.3. The molecule has 0 aromatic carbocycles. The van der Waals surface area contributed by atoms with Crippen LogP contribution in [0.4, 0.5) is 0 Å². The van der Waals surface area contributed by atoms with Crippen molar-refractivity contribution in [2.45, 2.75) is 69.0 Å². The number of carbonyl (C=O) groups is 3. The minimum absolute atomic E-state index is 0.00582. The number of carbonyl (C=O) groups excluding carboxylic acids is 3. The molecule has 3 aliphatic heterocycles. The van der Waals surface area contributed by atoms with Gasteiger partial charge >= 0.3 is 0 Å². The number of thioether (sulfide) groups is 1. The maximum absolute atomic E-state index is 14.3. The third kappa shape index (κ3) is 4.45. The first kappa shape index (κ1) is 27.8. The van der Waals surface area contributed by atoms with Gasteiger partial charge in [0.05, 0.1) is 29.2 Å². The number of aliphatic hydroxyl groups is 1. The Morgan fingerprint density at radius 3 is 2.46 bits per heavy atom. The summed E-state index contributed by atoms with van der Waals surface area (Å²) in [6.45, 7) is 17.0. The lowest BCUT2D eigenvalue weighted by molar-refractivity contribution is -0.147. The van der Waals surface area contributed by atoms with Crippen LogP contribution < -0.4 is 0 Å². The van der Waals surface area contributed by atoms with Gasteiger partial charge in [-0.15, -0.1) is 24.9 Å². The first-order valence-corrected chi connectivity index (χ1v) is 13.9. The smallest absolute Gasteiger partial charge is 0.247 e. The third-order valence-electron chi connectivity index (χ3n) is 8.24. The number of likely N-dealkylation sites (tertiary alicyclic amines) is 1. The summed E-state index contributed by atoms with van der Waals surface area (Å²) >= 11 is 1.68. The summed E-state index contributed by atoms with van der Waals surface area (Å²) < 4.78 is -0.678. The van der Waals surface area contributed by atoms with E-state index in [0.29, 0.717) is 19.6 Å². The van der Waals surface area contributed by atoms with Crippen molar-refractivity contribution in [3.63, 3.8) is 0 Å². The molecule has 0 aliphatic carbocycles. The van der Waals surface area contributed by atoms with Gasteiger partial charge in [-0.1, -0.05) is 46.3 Å². The first-order chi connectivity index (χ1) is 16.6. The molecule has 7 atom stereocenters. The lowest BCUT2D eigenvalue weighted by Crippen LogP contribution is -2.60. The Balaban J connectivity index is 2.13. The minimum atomic E-state index is -0.705. The summed E-state index contributed by atoms with van der Waals surface area (Å²) in [7, 11) is 1.75. The molecular weight excluding hydrogens is 462 g/mol. The van der Waals surface area contributed by atoms with Crippen LogP contribution in [-0.4, -0.2) is 92.9 Å². The molecule has 0 aromatic heterocycles. The molecule has 3 amide bonds. The largest absolute Gasteiger partial charge is 0.394 e. The third-order valence-corrected chi connectivity index (χ3v) is 10.3. The molecule has 2 bridgehead atoms. The molecule has 3 rings (SSSR count). The van der Waals surface area contributed by atoms with E-state index in [1.165, 1.54) is 0 Å². The van der Waals surface area contributed by atoms with Crippen LogP contribution in [0.3, 0.4) is 0 Å². The zero-order valence-corrected chi connectivity index (χ0v) is 22.8. The Hall–Kier alpha value is -1.80. The van der Waals surface area contributed by atoms with E-state index in [2.05, 4.69) is 27.0 Å². The molecule has 3 fully saturated rings. The molecule has 3 aliphatic rings. The van der Waals surface area contributed by atoms with E-state index in [4.69, 9.17) is 0 Å². The zero-order valence-electron chi connectivity index (χ0n) is 22.0. The average molecular weight is 506 g/mol. The fourth-order valence-electron chi connectivity index (χ4n) is 6.51. The topological polar surface area (TPSA) is 81.2 Å². The second-order valence-electron chi connectivity index (χ2n) is 10.7. The average Bonchev–Trinajstić information content (AvgIpc) is 3.40. The van der Waals surface area contributed by atoms with Crippen LogP contribution in [0.2, 0.25) is 0 Å². The molecule has 0 radical (unpaired) electrons. The molecule has 7 nitrogen and oxygen atoms in total. The van der Waals surface area contributed by atoms with Gasteiger partial charge in [-0.2, -0.15) is 0 Å². The van der Waals surface area contributed by atoms with Crippen LogP contribution in [0.15, 0.2) is 25.3 Å². The molecule has 3 saturated heterocycles. The maximum Gasteiger partial charge on any atom is 0.247 e. The highest BCUT2D eigenvalue weighted by Gasteiger charge is 2.77. The van der Waals surface area contributed by atoms with Gasteiger partial charge in [0, 0.05) is 31.9 Å². The molecular formula is C27H43N3O4S. The zero-order chi connectivity index (χ0) is 26.1. The quantitative estimate of drug-likeness (QED) is 0.413. The summed E-state index contributed by atoms with van der Waals surface area (Å²) in [5.41, 5.74) is 0. The van der Waals surface area contributed by atoms with Gasteiger partial charge < -0.3 is 19.8 Å². The van der Waals surface area contributed by atoms with Gasteiger partial charge in [0.25, 0.3) is 0 Å². The van der Waals surface area contributed by atoms with Crippen molar-refractivity contribution in [3.8, 4) is 0 Å². The number of hydrogen-bond acceptors (Lipinski definition) is 5. The molecule has 1 N–H and O–H groups in total. The first-order valence-electron chi connectivity index (χ1n) is 13.0. The van der Waals surface area contributed by atoms with E-state index in [1.54, 1.807) is 40.8 Å². The number of nitrogens with zero attached hydrogens (tertiary/aromatic N) is 3. The highest BCUT2D eigenvalue weighted by atomic mass is 32.2. The second kappa shape index (κ2) is 11.1. The number of rotatable bonds is 12. The van der Waals surface area contributed by atoms with Crippen molar-refractivity contribution < 1.29 is 19.5 Å². The maximum atomic E-state index is 14.3. The van der Waals surface area contributed by atoms with E-state index in [9.17, 15) is 19.5 Å². The van der Waals surface area contributed by atoms with Crippen molar-refractivity contribution in [2.75, 3.05) is 33.3 Å². The molecule has 8 heteroatoms. The van der Waals surface area contributed by atoms with Gasteiger partial charge in [-0.3, -0.25) is 14.4 Å². The van der Waals surface area contributed by atoms with Crippen LogP contribution in [0.1, 0.15) is 47.0 Å². The van der Waals surface area contributed by atoms with Gasteiger partial charge in [-0.25, -0.2) is 0 Å². The number of likely N-dealkylation sites (N-methyl/N-ethyl adjacent to an activating group) is 1. The number of unbranched alkanes of at least 4 members (excludes halogenated alkanes) is 1. The van der Waals surface area contributed by atoms with Gasteiger partial charge in [0.1, 0.15) is 6.04 Å². The minimum Gasteiger partial charge on any atom is -0.394 e. The Labute approximate surface area is 215 Å². The summed E-state index contributed by atoms with van der Waals surface area (Å²) in [6, 6.07) is -1.19. The lowest BCUT2D eigenvalue weighted by atomic mass is 9.65. The van der Waals surface area contributed by atoms with Gasteiger partial charge in [0.15, 0.2) is 0 Å². The van der Waals surface area contributed by atoms with E-state index in [1.807, 2.05) is 18.7 Å². The van der Waals surface area contributed by atoms with Gasteiger partial charge in [-0.05, 0) is 24.7 Å². The number of aliphatic hydroxyl groups excluding tert-OH is 1. The Kier molecular flexibility index (Phi) is 8.79. The second-order valence-corrected chi connectivity index (χ2v) is 12.3. The van der Waals surface area contributed by atoms with Gasteiger partial charge in [0.2, 0.25) is 17.7 Å². The molecule has 0 aromatic rings. The van der Waals surface area contributed by atoms with Crippen molar-refractivity contribution in [1.29, 1.82) is 0 Å². The molecule has 1 spiro atoms. The Morgan fingerprint density at radius 1 is 1.26 bits per heavy atom. The fraction of sp³-hybridized carbons (Fsp3) is 0.741. The van der Waals surface area contributed by atoms with E-state index < -0.39 is 28.7 Å². The molecule has 3 unspecified atom stereocenters. The summed E-state index contributed by atoms with van der Waals surface area (Å²) in [6.07, 6.45) is 6.03. The SMILES string of the molecule is C=CCN(C)C(=O)[C@@H]1[C@@H]2CC(C)C3(S2)C(C(=O)N(CC=C)CCCC)N([C@@H](CO)C(C)C)C(=O)[C@H]13. The van der Waals surface area contributed by atoms with Crippen molar-refractivity contribution in [3.05, 3.63) is 25.3 Å². The van der Waals surface area contributed by atoms with E-state index in [0.717, 1.165) is 19.3 Å². The van der Waals surface area contributed by atoms with Crippen LogP contribution >= 0.6 is 11.8 Å². The molecule has 3 heterocycles. The highest BCUT2D eigenvalue weighted by Crippen LogP contribution is 2.69. The van der Waals surface area contributed by atoms with Crippen molar-refractivity contribution in [2.24, 2.45) is 23.7 Å². The number of hydrogen-bond donors (Lipinski definition) is 1. The lowest BCUT2D eigenvalue weighted by Gasteiger charge is -2.43. The Morgan fingerprint density at radius 2 is 1.91 bits per heavy atom. The van der Waals surface area contributed by atoms with Crippen molar-refractivity contribution >= 4 is 29.5 Å². The van der Waals surface area contributed by atoms with Crippen LogP contribution in [0.5, 0.6) is 0 Å². The van der Waals surface area contributed by atoms with E-state index in [-0.39, 0.29) is 41.4 Å². The van der Waals surface area contributed by atoms with Crippen LogP contribution in [0, 0.1) is 23.7 Å². The van der Waals surface area contributed by atoms with Crippen LogP contribution in [-0.2, 0) is 14.4 Å². The highest BCUT2D eigenvalue weighted by molar-refractivity contribution is 8.02. The van der Waals surface area contributed by atoms with Crippen LogP contribution in [0.25, 0.3) is 0 Å². The predicted molar refractivity (Wildman–Crippen MR) is 141 cm³/mol. The molecule has 35 heavy (non-hydrogen) atoms. The standard InChI is InChI=1S/C27H43N3O4S/c1-8-11-14-29(13-10-3)26(34)23-27-18(6)15-20(35-27)21(24(32)28(7)12-9-2)22(27)25(33)30(23)19(16-31)17(4)5/h9-10,17-23,31H,2-3,8,11-16H2,1,4-7H3/t18?,19-,20-,21+,22-,23?,27?/m0/s1. The summed E-state index contributed by atoms with van der Waals surface area (Å²) in [5.74, 6) is -1.27. The number of amides is 3. The fourth-order valence-corrected chi connectivity index (χ4v) is 8.90. The summed E-state index contributed by atoms with van der Waals surface area (Å²) in [5, 5.41) is 10.4. The van der Waals surface area contributed by atoms with E-state index >= 15 is 0 Å². The molecule has 0 saturated carbocycles. The predicted octanol–water partition coefficient (Wildman–Crippen LogP) is 2.80. The van der Waals surface area contributed by atoms with Crippen molar-refractivity contribution in [1.82, 2.24) is 14.7 Å². The Bertz CT molecular complexity index is 848.